The summed E-state index contributed by atoms with van der Waals surface area (Å²) in [5.74, 6) is 0.738. The summed E-state index contributed by atoms with van der Waals surface area (Å²) in [7, 11) is 0. The molecule has 1 aliphatic heterocycles. The minimum atomic E-state index is 0.242. The van der Waals surface area contributed by atoms with Crippen molar-refractivity contribution in [2.24, 2.45) is 0 Å². The lowest BCUT2D eigenvalue weighted by Crippen LogP contribution is -2.29. The van der Waals surface area contributed by atoms with Crippen LogP contribution < -0.4 is 0 Å². The van der Waals surface area contributed by atoms with Gasteiger partial charge in [-0.2, -0.15) is 0 Å². The van der Waals surface area contributed by atoms with E-state index in [1.54, 1.807) is 18.0 Å². The van der Waals surface area contributed by atoms with Crippen molar-refractivity contribution in [3.8, 4) is 0 Å². The highest BCUT2D eigenvalue weighted by Crippen LogP contribution is 2.31. The second-order valence-corrected chi connectivity index (χ2v) is 7.91. The number of amides is 1. The molecule has 3 aromatic rings. The van der Waals surface area contributed by atoms with Gasteiger partial charge in [0.25, 0.3) is 0 Å². The zero-order chi connectivity index (χ0) is 17.9. The summed E-state index contributed by atoms with van der Waals surface area (Å²) in [6.45, 7) is 2.54. The molecule has 1 saturated heterocycles. The van der Waals surface area contributed by atoms with Gasteiger partial charge in [0.2, 0.25) is 5.91 Å². The molecule has 0 radical (unpaired) electrons. The Balaban J connectivity index is 1.55. The summed E-state index contributed by atoms with van der Waals surface area (Å²) in [5.41, 5.74) is 2.26. The third-order valence-electron chi connectivity index (χ3n) is 4.70. The molecule has 1 amide bonds. The molecule has 0 aliphatic carbocycles. The molecule has 0 saturated carbocycles. The number of carbonyl (C=O) groups excluding carboxylic acids is 1. The monoisotopic (exact) mass is 385 g/mol. The quantitative estimate of drug-likeness (QED) is 0.481. The summed E-state index contributed by atoms with van der Waals surface area (Å²) in [6, 6.07) is 12.1. The molecule has 1 aromatic carbocycles. The van der Waals surface area contributed by atoms with E-state index in [2.05, 4.69) is 27.9 Å². The van der Waals surface area contributed by atoms with E-state index in [-0.39, 0.29) is 5.91 Å². The number of pyridine rings is 1. The summed E-state index contributed by atoms with van der Waals surface area (Å²) < 4.78 is 2.21. The van der Waals surface area contributed by atoms with Crippen LogP contribution in [-0.2, 0) is 11.3 Å². The van der Waals surface area contributed by atoms with Crippen molar-refractivity contribution in [2.75, 3.05) is 18.8 Å². The lowest BCUT2D eigenvalue weighted by molar-refractivity contribution is -0.127. The van der Waals surface area contributed by atoms with Crippen molar-refractivity contribution in [2.45, 2.75) is 24.3 Å². The third-order valence-corrected chi connectivity index (χ3v) is 5.95. The van der Waals surface area contributed by atoms with Crippen LogP contribution in [0.1, 0.15) is 18.4 Å². The van der Waals surface area contributed by atoms with Gasteiger partial charge in [0.15, 0.2) is 0 Å². The molecule has 134 valence electrons. The van der Waals surface area contributed by atoms with Gasteiger partial charge >= 0.3 is 0 Å². The van der Waals surface area contributed by atoms with Gasteiger partial charge in [-0.05, 0) is 30.5 Å². The molecule has 0 spiro atoms. The highest BCUT2D eigenvalue weighted by atomic mass is 35.5. The second kappa shape index (κ2) is 7.72. The van der Waals surface area contributed by atoms with E-state index in [9.17, 15) is 4.79 Å². The molecule has 26 heavy (non-hydrogen) atoms. The summed E-state index contributed by atoms with van der Waals surface area (Å²) in [4.78, 5) is 19.7. The molecule has 0 atom stereocenters. The second-order valence-electron chi connectivity index (χ2n) is 6.50. The van der Waals surface area contributed by atoms with E-state index < -0.39 is 0 Å². The van der Waals surface area contributed by atoms with Gasteiger partial charge in [-0.1, -0.05) is 35.9 Å². The number of para-hydroxylation sites is 1. The minimum absolute atomic E-state index is 0.242. The summed E-state index contributed by atoms with van der Waals surface area (Å²) >= 11 is 7.51. The molecule has 4 nitrogen and oxygen atoms in total. The van der Waals surface area contributed by atoms with E-state index in [1.807, 2.05) is 29.2 Å². The fourth-order valence-electron chi connectivity index (χ4n) is 3.35. The van der Waals surface area contributed by atoms with Gasteiger partial charge in [-0.25, -0.2) is 4.98 Å². The van der Waals surface area contributed by atoms with E-state index in [1.165, 1.54) is 10.9 Å². The van der Waals surface area contributed by atoms with Crippen molar-refractivity contribution < 1.29 is 4.79 Å². The average Bonchev–Trinajstić information content (AvgIpc) is 3.31. The number of hydrogen-bond donors (Lipinski definition) is 0. The van der Waals surface area contributed by atoms with Crippen LogP contribution in [0.25, 0.3) is 10.9 Å². The van der Waals surface area contributed by atoms with Crippen LogP contribution >= 0.6 is 23.4 Å². The zero-order valence-electron chi connectivity index (χ0n) is 14.4. The highest BCUT2D eigenvalue weighted by molar-refractivity contribution is 8.00. The average molecular weight is 386 g/mol. The van der Waals surface area contributed by atoms with Gasteiger partial charge < -0.3 is 9.47 Å². The molecule has 2 aromatic heterocycles. The Morgan fingerprint density at radius 1 is 1.15 bits per heavy atom. The Morgan fingerprint density at radius 2 is 1.96 bits per heavy atom. The maximum absolute atomic E-state index is 12.4. The molecular formula is C20H20ClN3OS. The molecule has 1 aliphatic rings. The topological polar surface area (TPSA) is 38.1 Å². The van der Waals surface area contributed by atoms with Gasteiger partial charge in [0, 0.05) is 47.8 Å². The zero-order valence-corrected chi connectivity index (χ0v) is 16.0. The number of halogens is 1. The fraction of sp³-hybridized carbons (Fsp3) is 0.300. The van der Waals surface area contributed by atoms with Crippen LogP contribution in [-0.4, -0.2) is 39.2 Å². The number of likely N-dealkylation sites (tertiary alicyclic amines) is 1. The molecule has 0 unspecified atom stereocenters. The predicted octanol–water partition coefficient (Wildman–Crippen LogP) is 4.45. The number of fused-ring (bicyclic) bond motifs is 1. The standard InChI is InChI=1S/C20H20ClN3OS/c21-19-8-7-15(11-22-19)12-24-13-18(16-5-1-2-6-17(16)24)26-14-20(25)23-9-3-4-10-23/h1-2,5-8,11,13H,3-4,9-10,12,14H2. The number of hydrogen-bond acceptors (Lipinski definition) is 3. The first kappa shape index (κ1) is 17.4. The molecule has 6 heteroatoms. The number of rotatable bonds is 5. The number of carbonyl (C=O) groups is 1. The lowest BCUT2D eigenvalue weighted by Gasteiger charge is -2.14. The number of benzene rings is 1. The van der Waals surface area contributed by atoms with E-state index >= 15 is 0 Å². The summed E-state index contributed by atoms with van der Waals surface area (Å²) in [5, 5.41) is 1.69. The van der Waals surface area contributed by atoms with Crippen LogP contribution in [0.4, 0.5) is 0 Å². The minimum Gasteiger partial charge on any atom is -0.342 e. The van der Waals surface area contributed by atoms with Crippen molar-refractivity contribution >= 4 is 40.2 Å². The van der Waals surface area contributed by atoms with E-state index in [0.29, 0.717) is 10.9 Å². The van der Waals surface area contributed by atoms with Gasteiger partial charge in [0.05, 0.1) is 5.75 Å². The predicted molar refractivity (Wildman–Crippen MR) is 107 cm³/mol. The van der Waals surface area contributed by atoms with Crippen LogP contribution in [0.3, 0.4) is 0 Å². The van der Waals surface area contributed by atoms with Gasteiger partial charge in [-0.15, -0.1) is 11.8 Å². The number of thioether (sulfide) groups is 1. The van der Waals surface area contributed by atoms with Crippen molar-refractivity contribution in [1.82, 2.24) is 14.5 Å². The van der Waals surface area contributed by atoms with Crippen LogP contribution in [0.15, 0.2) is 53.7 Å². The Bertz CT molecular complexity index is 916. The maximum Gasteiger partial charge on any atom is 0.232 e. The first-order valence-corrected chi connectivity index (χ1v) is 10.2. The normalized spacial score (nSPS) is 14.3. The van der Waals surface area contributed by atoms with E-state index in [0.717, 1.165) is 42.9 Å². The van der Waals surface area contributed by atoms with Crippen LogP contribution in [0, 0.1) is 0 Å². The lowest BCUT2D eigenvalue weighted by atomic mass is 10.2. The Labute approximate surface area is 162 Å². The SMILES string of the molecule is O=C(CSc1cn(Cc2ccc(Cl)nc2)c2ccccc12)N1CCCC1. The fourth-order valence-corrected chi connectivity index (χ4v) is 4.46. The molecule has 0 bridgehead atoms. The molecule has 3 heterocycles. The number of nitrogens with zero attached hydrogens (tertiary/aromatic N) is 3. The van der Waals surface area contributed by atoms with Gasteiger partial charge in [-0.3, -0.25) is 4.79 Å². The van der Waals surface area contributed by atoms with Gasteiger partial charge in [0.1, 0.15) is 5.15 Å². The Morgan fingerprint density at radius 3 is 2.73 bits per heavy atom. The molecule has 1 fully saturated rings. The maximum atomic E-state index is 12.4. The van der Waals surface area contributed by atoms with Crippen molar-refractivity contribution in [3.63, 3.8) is 0 Å². The van der Waals surface area contributed by atoms with E-state index in [4.69, 9.17) is 11.6 Å². The Kier molecular flexibility index (Phi) is 5.18. The summed E-state index contributed by atoms with van der Waals surface area (Å²) in [6.07, 6.45) is 6.21. The molecule has 4 rings (SSSR count). The van der Waals surface area contributed by atoms with Crippen LogP contribution in [0.2, 0.25) is 5.15 Å². The van der Waals surface area contributed by atoms with Crippen molar-refractivity contribution in [1.29, 1.82) is 0 Å². The van der Waals surface area contributed by atoms with Crippen molar-refractivity contribution in [3.05, 3.63) is 59.5 Å². The molecular weight excluding hydrogens is 366 g/mol. The highest BCUT2D eigenvalue weighted by Gasteiger charge is 2.18. The Hall–Kier alpha value is -1.98. The largest absolute Gasteiger partial charge is 0.342 e. The molecule has 0 N–H and O–H groups in total. The smallest absolute Gasteiger partial charge is 0.232 e. The third kappa shape index (κ3) is 3.74. The number of aromatic nitrogens is 2. The van der Waals surface area contributed by atoms with Crippen LogP contribution in [0.5, 0.6) is 0 Å². The first-order chi connectivity index (χ1) is 12.7. The first-order valence-electron chi connectivity index (χ1n) is 8.79.